The Morgan fingerprint density at radius 1 is 0.519 bits per heavy atom. The Balaban J connectivity index is 1.27. The van der Waals surface area contributed by atoms with Crippen LogP contribution in [-0.2, 0) is 54.5 Å². The molecule has 5 rings (SSSR count). The molecule has 276 valence electrons. The molecule has 0 saturated heterocycles. The molecular weight excluding hydrogens is 683 g/mol. The van der Waals surface area contributed by atoms with E-state index in [1.807, 2.05) is 91.0 Å². The first-order valence-electron chi connectivity index (χ1n) is 17.7. The molecule has 11 nitrogen and oxygen atoms in total. The van der Waals surface area contributed by atoms with Crippen molar-refractivity contribution in [3.8, 4) is 0 Å². The zero-order valence-electron chi connectivity index (χ0n) is 29.9. The van der Waals surface area contributed by atoms with Crippen LogP contribution < -0.4 is 27.0 Å². The van der Waals surface area contributed by atoms with Gasteiger partial charge in [-0.3, -0.25) is 28.8 Å². The molecule has 0 aliphatic rings. The molecule has 0 heterocycles. The number of ketones is 1. The molecule has 54 heavy (non-hydrogen) atoms. The van der Waals surface area contributed by atoms with Crippen LogP contribution >= 0.6 is 0 Å². The molecule has 0 radical (unpaired) electrons. The normalized spacial score (nSPS) is 13.1. The summed E-state index contributed by atoms with van der Waals surface area (Å²) in [5.74, 6) is -4.66. The average molecular weight is 726 g/mol. The quantitative estimate of drug-likeness (QED) is 0.0921. The van der Waals surface area contributed by atoms with E-state index >= 15 is 0 Å². The van der Waals surface area contributed by atoms with Crippen molar-refractivity contribution in [2.75, 3.05) is 0 Å². The molecule has 0 aromatic heterocycles. The van der Waals surface area contributed by atoms with Crippen LogP contribution in [-0.4, -0.2) is 59.5 Å². The molecule has 11 heteroatoms. The second-order valence-corrected chi connectivity index (χ2v) is 13.1. The van der Waals surface area contributed by atoms with Gasteiger partial charge < -0.3 is 27.0 Å². The standard InChI is InChI=1S/C43H43N5O6/c1-28(45-41(52)36(24-29-14-5-2-6-15-29)46-38(49)26-31-18-9-4-10-19-31)39(50)43(54)48-37(25-30-16-7-3-8-17-30)42(53)47-35(40(44)51)27-33-22-13-21-32-20-11-12-23-34(32)33/h2-23,28,35-37H,24-27H2,1H3,(H2,44,51)(H,45,52)(H,46,49)(H,47,53)(H,48,54)/t28?,35-,36-,37-/m0/s1. The maximum Gasteiger partial charge on any atom is 0.290 e. The SMILES string of the molecule is CC(NC(=O)[C@H](Cc1ccccc1)NC(=O)Cc1ccccc1)C(=O)C(=O)N[C@@H](Cc1ccccc1)C(=O)N[C@@H](Cc1cccc2ccccc12)C(N)=O. The highest BCUT2D eigenvalue weighted by Gasteiger charge is 2.32. The van der Waals surface area contributed by atoms with Crippen LogP contribution in [0.25, 0.3) is 10.8 Å². The third-order valence-electron chi connectivity index (χ3n) is 8.99. The van der Waals surface area contributed by atoms with Gasteiger partial charge in [0.2, 0.25) is 29.4 Å². The molecule has 0 aliphatic heterocycles. The van der Waals surface area contributed by atoms with Gasteiger partial charge in [0.05, 0.1) is 12.5 Å². The van der Waals surface area contributed by atoms with Gasteiger partial charge in [-0.15, -0.1) is 0 Å². The number of hydrogen-bond donors (Lipinski definition) is 5. The minimum absolute atomic E-state index is 0.00121. The van der Waals surface area contributed by atoms with E-state index in [1.54, 1.807) is 42.5 Å². The van der Waals surface area contributed by atoms with E-state index in [2.05, 4.69) is 21.3 Å². The predicted octanol–water partition coefficient (Wildman–Crippen LogP) is 3.12. The third-order valence-corrected chi connectivity index (χ3v) is 8.99. The number of Topliss-reactive ketones (excluding diaryl/α,β-unsaturated/α-hetero) is 1. The highest BCUT2D eigenvalue weighted by molar-refractivity contribution is 6.38. The zero-order chi connectivity index (χ0) is 38.5. The molecule has 6 N–H and O–H groups in total. The van der Waals surface area contributed by atoms with E-state index in [0.29, 0.717) is 5.56 Å². The van der Waals surface area contributed by atoms with Crippen molar-refractivity contribution in [3.63, 3.8) is 0 Å². The maximum absolute atomic E-state index is 13.8. The number of carbonyl (C=O) groups excluding carboxylic acids is 6. The zero-order valence-corrected chi connectivity index (χ0v) is 29.9. The number of carbonyl (C=O) groups is 6. The third kappa shape index (κ3) is 10.9. The Morgan fingerprint density at radius 2 is 1.02 bits per heavy atom. The number of nitrogens with one attached hydrogen (secondary N) is 4. The first-order valence-corrected chi connectivity index (χ1v) is 17.7. The lowest BCUT2D eigenvalue weighted by Gasteiger charge is -2.24. The summed E-state index contributed by atoms with van der Waals surface area (Å²) < 4.78 is 0. The highest BCUT2D eigenvalue weighted by atomic mass is 16.2. The predicted molar refractivity (Wildman–Crippen MR) is 206 cm³/mol. The van der Waals surface area contributed by atoms with Gasteiger partial charge in [0, 0.05) is 19.3 Å². The molecule has 5 aromatic rings. The molecule has 0 fully saturated rings. The second kappa shape index (κ2) is 18.7. The number of amides is 5. The van der Waals surface area contributed by atoms with Crippen LogP contribution in [0.2, 0.25) is 0 Å². The number of nitrogens with two attached hydrogens (primary N) is 1. The monoisotopic (exact) mass is 725 g/mol. The fourth-order valence-electron chi connectivity index (χ4n) is 6.14. The van der Waals surface area contributed by atoms with Gasteiger partial charge >= 0.3 is 0 Å². The number of hydrogen-bond acceptors (Lipinski definition) is 6. The topological polar surface area (TPSA) is 177 Å². The van der Waals surface area contributed by atoms with Crippen LogP contribution in [0, 0.1) is 0 Å². The lowest BCUT2D eigenvalue weighted by Crippen LogP contribution is -2.57. The lowest BCUT2D eigenvalue weighted by atomic mass is 9.98. The molecule has 0 aliphatic carbocycles. The molecule has 0 spiro atoms. The summed E-state index contributed by atoms with van der Waals surface area (Å²) in [7, 11) is 0. The molecule has 5 aromatic carbocycles. The first-order chi connectivity index (χ1) is 26.1. The molecule has 1 unspecified atom stereocenters. The van der Waals surface area contributed by atoms with Crippen LogP contribution in [0.4, 0.5) is 0 Å². The molecular formula is C43H43N5O6. The number of primary amides is 1. The summed E-state index contributed by atoms with van der Waals surface area (Å²) in [6, 6.07) is 35.5. The Morgan fingerprint density at radius 3 is 1.61 bits per heavy atom. The summed E-state index contributed by atoms with van der Waals surface area (Å²) in [4.78, 5) is 79.7. The van der Waals surface area contributed by atoms with E-state index in [-0.39, 0.29) is 25.7 Å². The van der Waals surface area contributed by atoms with E-state index in [0.717, 1.165) is 27.5 Å². The van der Waals surface area contributed by atoms with Crippen molar-refractivity contribution >= 4 is 46.1 Å². The van der Waals surface area contributed by atoms with Crippen molar-refractivity contribution in [2.45, 2.75) is 56.8 Å². The van der Waals surface area contributed by atoms with Gasteiger partial charge in [-0.1, -0.05) is 133 Å². The Labute approximate surface area is 313 Å². The number of fused-ring (bicyclic) bond motifs is 1. The van der Waals surface area contributed by atoms with Gasteiger partial charge in [0.1, 0.15) is 18.1 Å². The Bertz CT molecular complexity index is 2090. The Kier molecular flexibility index (Phi) is 13.4. The van der Waals surface area contributed by atoms with Crippen LogP contribution in [0.3, 0.4) is 0 Å². The smallest absolute Gasteiger partial charge is 0.290 e. The second-order valence-electron chi connectivity index (χ2n) is 13.1. The van der Waals surface area contributed by atoms with Crippen molar-refractivity contribution in [1.29, 1.82) is 0 Å². The average Bonchev–Trinajstić information content (AvgIpc) is 3.18. The first kappa shape index (κ1) is 38.6. The van der Waals surface area contributed by atoms with E-state index in [4.69, 9.17) is 5.73 Å². The van der Waals surface area contributed by atoms with Gasteiger partial charge in [0.25, 0.3) is 5.91 Å². The Hall–Kier alpha value is -6.62. The largest absolute Gasteiger partial charge is 0.368 e. The molecule has 5 amide bonds. The summed E-state index contributed by atoms with van der Waals surface area (Å²) >= 11 is 0. The van der Waals surface area contributed by atoms with Gasteiger partial charge in [0.15, 0.2) is 0 Å². The van der Waals surface area contributed by atoms with Crippen LogP contribution in [0.5, 0.6) is 0 Å². The fourth-order valence-corrected chi connectivity index (χ4v) is 6.14. The van der Waals surface area contributed by atoms with Gasteiger partial charge in [-0.05, 0) is 39.9 Å². The fraction of sp³-hybridized carbons (Fsp3) is 0.209. The number of benzene rings is 5. The van der Waals surface area contributed by atoms with E-state index in [1.165, 1.54) is 6.92 Å². The minimum Gasteiger partial charge on any atom is -0.368 e. The number of rotatable bonds is 17. The maximum atomic E-state index is 13.8. The van der Waals surface area contributed by atoms with Gasteiger partial charge in [-0.25, -0.2) is 0 Å². The molecule has 4 atom stereocenters. The summed E-state index contributed by atoms with van der Waals surface area (Å²) in [5, 5.41) is 12.4. The van der Waals surface area contributed by atoms with Crippen molar-refractivity contribution in [1.82, 2.24) is 21.3 Å². The van der Waals surface area contributed by atoms with Crippen LogP contribution in [0.1, 0.15) is 29.2 Å². The van der Waals surface area contributed by atoms with Crippen molar-refractivity contribution in [2.24, 2.45) is 5.73 Å². The summed E-state index contributed by atoms with van der Waals surface area (Å²) in [6.07, 6.45) is 0.278. The van der Waals surface area contributed by atoms with Crippen molar-refractivity contribution in [3.05, 3.63) is 156 Å². The summed E-state index contributed by atoms with van der Waals surface area (Å²) in [5.41, 5.74) is 8.77. The molecule has 0 bridgehead atoms. The lowest BCUT2D eigenvalue weighted by molar-refractivity contribution is -0.141. The molecule has 0 saturated carbocycles. The van der Waals surface area contributed by atoms with E-state index < -0.39 is 59.5 Å². The van der Waals surface area contributed by atoms with E-state index in [9.17, 15) is 28.8 Å². The highest BCUT2D eigenvalue weighted by Crippen LogP contribution is 2.20. The van der Waals surface area contributed by atoms with Crippen LogP contribution in [0.15, 0.2) is 133 Å². The minimum atomic E-state index is -1.31. The van der Waals surface area contributed by atoms with Crippen molar-refractivity contribution < 1.29 is 28.8 Å². The van der Waals surface area contributed by atoms with Gasteiger partial charge in [-0.2, -0.15) is 0 Å². The summed E-state index contributed by atoms with van der Waals surface area (Å²) in [6.45, 7) is 1.35.